The van der Waals surface area contributed by atoms with Crippen molar-refractivity contribution < 1.29 is 23.8 Å². The predicted octanol–water partition coefficient (Wildman–Crippen LogP) is 4.28. The summed E-state index contributed by atoms with van der Waals surface area (Å²) >= 11 is 5.91. The maximum Gasteiger partial charge on any atom is 0.314 e. The van der Waals surface area contributed by atoms with Gasteiger partial charge in [0.1, 0.15) is 11.5 Å². The van der Waals surface area contributed by atoms with Gasteiger partial charge in [-0.2, -0.15) is 0 Å². The topological polar surface area (TPSA) is 73.9 Å². The number of anilines is 1. The molecule has 1 atom stereocenters. The van der Waals surface area contributed by atoms with Crippen LogP contribution in [0.15, 0.2) is 42.5 Å². The van der Waals surface area contributed by atoms with Crippen molar-refractivity contribution in [1.82, 2.24) is 0 Å². The summed E-state index contributed by atoms with van der Waals surface area (Å²) in [5, 5.41) is 3.26. The van der Waals surface area contributed by atoms with Gasteiger partial charge >= 0.3 is 5.97 Å². The first-order chi connectivity index (χ1) is 13.3. The second kappa shape index (κ2) is 9.99. The lowest BCUT2D eigenvalue weighted by Crippen LogP contribution is -2.26. The van der Waals surface area contributed by atoms with Gasteiger partial charge in [0.25, 0.3) is 5.91 Å². The minimum Gasteiger partial charge on any atom is -0.497 e. The Labute approximate surface area is 169 Å². The molecule has 0 bridgehead atoms. The summed E-state index contributed by atoms with van der Waals surface area (Å²) < 4.78 is 15.6. The van der Waals surface area contributed by atoms with E-state index in [0.29, 0.717) is 22.2 Å². The molecular formula is C21H24ClNO5. The fraction of sp³-hybridized carbons (Fsp3) is 0.333. The number of methoxy groups -OCH3 is 2. The maximum atomic E-state index is 12.6. The molecule has 1 N–H and O–H groups in total. The maximum absolute atomic E-state index is 12.6. The molecule has 2 aromatic carbocycles. The Morgan fingerprint density at radius 3 is 2.29 bits per heavy atom. The fourth-order valence-electron chi connectivity index (χ4n) is 2.79. The molecule has 2 aromatic rings. The third-order valence-electron chi connectivity index (χ3n) is 4.18. The molecule has 0 fully saturated rings. The van der Waals surface area contributed by atoms with E-state index in [-0.39, 0.29) is 5.92 Å². The van der Waals surface area contributed by atoms with Gasteiger partial charge in [-0.25, -0.2) is 0 Å². The van der Waals surface area contributed by atoms with Crippen molar-refractivity contribution >= 4 is 29.2 Å². The van der Waals surface area contributed by atoms with E-state index in [9.17, 15) is 9.59 Å². The van der Waals surface area contributed by atoms with Crippen LogP contribution in [0.4, 0.5) is 5.69 Å². The summed E-state index contributed by atoms with van der Waals surface area (Å²) in [5.41, 5.74) is 1.22. The first-order valence-corrected chi connectivity index (χ1v) is 9.17. The van der Waals surface area contributed by atoms with Crippen LogP contribution in [0.1, 0.15) is 25.3 Å². The molecule has 0 radical (unpaired) electrons. The summed E-state index contributed by atoms with van der Waals surface area (Å²) in [5.74, 6) is -0.396. The van der Waals surface area contributed by atoms with E-state index in [1.807, 2.05) is 13.8 Å². The zero-order valence-electron chi connectivity index (χ0n) is 16.3. The van der Waals surface area contributed by atoms with Gasteiger partial charge in [-0.05, 0) is 35.7 Å². The summed E-state index contributed by atoms with van der Waals surface area (Å²) in [6, 6.07) is 12.0. The Kier molecular flexibility index (Phi) is 7.70. The van der Waals surface area contributed by atoms with Crippen LogP contribution in [-0.4, -0.2) is 32.7 Å². The molecule has 0 aliphatic heterocycles. The van der Waals surface area contributed by atoms with Crippen molar-refractivity contribution in [2.45, 2.75) is 19.8 Å². The lowest BCUT2D eigenvalue weighted by Gasteiger charge is -2.20. The second-order valence-corrected chi connectivity index (χ2v) is 6.93. The van der Waals surface area contributed by atoms with Gasteiger partial charge in [0.05, 0.1) is 25.8 Å². The Morgan fingerprint density at radius 2 is 1.71 bits per heavy atom. The van der Waals surface area contributed by atoms with E-state index in [4.69, 9.17) is 25.8 Å². The van der Waals surface area contributed by atoms with Gasteiger partial charge in [-0.1, -0.05) is 37.6 Å². The normalized spacial score (nSPS) is 11.6. The molecule has 0 aromatic heterocycles. The number of carbonyl (C=O) groups is 2. The van der Waals surface area contributed by atoms with Gasteiger partial charge in [0, 0.05) is 11.1 Å². The lowest BCUT2D eigenvalue weighted by molar-refractivity contribution is -0.149. The van der Waals surface area contributed by atoms with Crippen molar-refractivity contribution in [3.05, 3.63) is 53.1 Å². The van der Waals surface area contributed by atoms with Crippen LogP contribution in [0.2, 0.25) is 5.02 Å². The average Bonchev–Trinajstić information content (AvgIpc) is 2.67. The van der Waals surface area contributed by atoms with E-state index in [0.717, 1.165) is 5.56 Å². The minimum atomic E-state index is -0.489. The third-order valence-corrected chi connectivity index (χ3v) is 4.43. The van der Waals surface area contributed by atoms with Gasteiger partial charge in [0.15, 0.2) is 6.61 Å². The smallest absolute Gasteiger partial charge is 0.314 e. The van der Waals surface area contributed by atoms with Crippen LogP contribution in [0.25, 0.3) is 0 Å². The van der Waals surface area contributed by atoms with Crippen molar-refractivity contribution in [2.24, 2.45) is 5.92 Å². The molecule has 7 heteroatoms. The molecule has 2 rings (SSSR count). The first-order valence-electron chi connectivity index (χ1n) is 8.79. The number of benzene rings is 2. The molecule has 150 valence electrons. The van der Waals surface area contributed by atoms with Gasteiger partial charge in [-0.3, -0.25) is 9.59 Å². The molecule has 6 nitrogen and oxygen atoms in total. The highest BCUT2D eigenvalue weighted by molar-refractivity contribution is 6.30. The van der Waals surface area contributed by atoms with E-state index >= 15 is 0 Å². The standard InChI is InChI=1S/C21H24ClNO5/c1-13(2)20(14-5-7-15(22)8-6-14)21(25)28-12-19(24)23-17-11-16(26-3)9-10-18(17)27-4/h5-11,13,20H,12H2,1-4H3,(H,23,24)/t20-/m0/s1. The molecule has 1 amide bonds. The molecule has 0 heterocycles. The average molecular weight is 406 g/mol. The summed E-state index contributed by atoms with van der Waals surface area (Å²) in [6.07, 6.45) is 0. The largest absolute Gasteiger partial charge is 0.497 e. The number of nitrogens with one attached hydrogen (secondary N) is 1. The number of rotatable bonds is 8. The highest BCUT2D eigenvalue weighted by Gasteiger charge is 2.26. The summed E-state index contributed by atoms with van der Waals surface area (Å²) in [7, 11) is 3.02. The lowest BCUT2D eigenvalue weighted by atomic mass is 9.88. The highest BCUT2D eigenvalue weighted by atomic mass is 35.5. The quantitative estimate of drug-likeness (QED) is 0.663. The Hall–Kier alpha value is -2.73. The zero-order chi connectivity index (χ0) is 20.7. The van der Waals surface area contributed by atoms with Gasteiger partial charge in [0.2, 0.25) is 0 Å². The fourth-order valence-corrected chi connectivity index (χ4v) is 2.91. The molecular weight excluding hydrogens is 382 g/mol. The first kappa shape index (κ1) is 21.6. The van der Waals surface area contributed by atoms with Crippen LogP contribution < -0.4 is 14.8 Å². The molecule has 0 saturated heterocycles. The van der Waals surface area contributed by atoms with E-state index < -0.39 is 24.4 Å². The second-order valence-electron chi connectivity index (χ2n) is 6.50. The SMILES string of the molecule is COc1ccc(OC)c(NC(=O)COC(=O)[C@H](c2ccc(Cl)cc2)C(C)C)c1. The molecule has 0 aliphatic carbocycles. The van der Waals surface area contributed by atoms with Crippen molar-refractivity contribution in [3.8, 4) is 11.5 Å². The summed E-state index contributed by atoms with van der Waals surface area (Å²) in [6.45, 7) is 3.43. The molecule has 0 unspecified atom stereocenters. The van der Waals surface area contributed by atoms with Crippen LogP contribution in [0.5, 0.6) is 11.5 Å². The molecule has 0 spiro atoms. The van der Waals surface area contributed by atoms with Gasteiger partial charge < -0.3 is 19.5 Å². The van der Waals surface area contributed by atoms with Crippen LogP contribution in [0, 0.1) is 5.92 Å². The third kappa shape index (κ3) is 5.63. The van der Waals surface area contributed by atoms with E-state index in [2.05, 4.69) is 5.32 Å². The number of hydrogen-bond acceptors (Lipinski definition) is 5. The molecule has 28 heavy (non-hydrogen) atoms. The molecule has 0 saturated carbocycles. The number of amides is 1. The highest BCUT2D eigenvalue weighted by Crippen LogP contribution is 2.29. The monoisotopic (exact) mass is 405 g/mol. The van der Waals surface area contributed by atoms with Crippen molar-refractivity contribution in [1.29, 1.82) is 0 Å². The number of esters is 1. The number of carbonyl (C=O) groups excluding carboxylic acids is 2. The summed E-state index contributed by atoms with van der Waals surface area (Å²) in [4.78, 5) is 24.8. The van der Waals surface area contributed by atoms with Crippen molar-refractivity contribution in [2.75, 3.05) is 26.1 Å². The molecule has 0 aliphatic rings. The van der Waals surface area contributed by atoms with Crippen LogP contribution in [-0.2, 0) is 14.3 Å². The van der Waals surface area contributed by atoms with Crippen LogP contribution in [0.3, 0.4) is 0 Å². The minimum absolute atomic E-state index is 0.00443. The Morgan fingerprint density at radius 1 is 1.04 bits per heavy atom. The van der Waals surface area contributed by atoms with Crippen molar-refractivity contribution in [3.63, 3.8) is 0 Å². The van der Waals surface area contributed by atoms with Gasteiger partial charge in [-0.15, -0.1) is 0 Å². The number of hydrogen-bond donors (Lipinski definition) is 1. The van der Waals surface area contributed by atoms with Crippen LogP contribution >= 0.6 is 11.6 Å². The zero-order valence-corrected chi connectivity index (χ0v) is 17.1. The van der Waals surface area contributed by atoms with E-state index in [1.165, 1.54) is 14.2 Å². The number of halogens is 1. The Balaban J connectivity index is 2.03. The Bertz CT molecular complexity index is 820. The number of ether oxygens (including phenoxy) is 3. The van der Waals surface area contributed by atoms with E-state index in [1.54, 1.807) is 42.5 Å². The predicted molar refractivity (Wildman–Crippen MR) is 108 cm³/mol.